The molecule has 106 valence electrons. The molecule has 3 nitrogen and oxygen atoms in total. The molecule has 0 bridgehead atoms. The fraction of sp³-hybridized carbons (Fsp3) is 0.688. The zero-order valence-electron chi connectivity index (χ0n) is 12.4. The second-order valence-electron chi connectivity index (χ2n) is 5.55. The molecule has 0 aliphatic carbocycles. The summed E-state index contributed by atoms with van der Waals surface area (Å²) in [4.78, 5) is 6.88. The van der Waals surface area contributed by atoms with Gasteiger partial charge in [-0.1, -0.05) is 20.3 Å². The first kappa shape index (κ1) is 14.2. The van der Waals surface area contributed by atoms with Crippen LogP contribution in [0.15, 0.2) is 18.5 Å². The largest absolute Gasteiger partial charge is 0.384 e. The maximum atomic E-state index is 4.38. The lowest BCUT2D eigenvalue weighted by molar-refractivity contribution is 0.459. The van der Waals surface area contributed by atoms with Gasteiger partial charge in [0.2, 0.25) is 0 Å². The summed E-state index contributed by atoms with van der Waals surface area (Å²) in [5.74, 6) is 0.916. The second-order valence-corrected chi connectivity index (χ2v) is 5.55. The summed E-state index contributed by atoms with van der Waals surface area (Å²) in [7, 11) is 0. The molecule has 2 heterocycles. The Hall–Kier alpha value is -1.25. The van der Waals surface area contributed by atoms with E-state index in [4.69, 9.17) is 0 Å². The molecule has 2 rings (SSSR count). The molecule has 1 aromatic heterocycles. The van der Waals surface area contributed by atoms with Crippen molar-refractivity contribution in [1.82, 2.24) is 4.98 Å². The Kier molecular flexibility index (Phi) is 5.49. The van der Waals surface area contributed by atoms with Crippen molar-refractivity contribution in [1.29, 1.82) is 0 Å². The van der Waals surface area contributed by atoms with Crippen LogP contribution in [0, 0.1) is 5.92 Å². The fourth-order valence-electron chi connectivity index (χ4n) is 2.80. The Morgan fingerprint density at radius 1 is 1.26 bits per heavy atom. The number of aromatic nitrogens is 1. The summed E-state index contributed by atoms with van der Waals surface area (Å²) in [6.07, 6.45) is 10.4. The highest BCUT2D eigenvalue weighted by molar-refractivity contribution is 5.55. The van der Waals surface area contributed by atoms with Crippen molar-refractivity contribution in [2.75, 3.05) is 29.9 Å². The van der Waals surface area contributed by atoms with Crippen LogP contribution in [0.5, 0.6) is 0 Å². The molecule has 1 aromatic rings. The third-order valence-corrected chi connectivity index (χ3v) is 4.09. The Bertz CT molecular complexity index is 378. The normalized spacial score (nSPS) is 20.1. The molecule has 0 aromatic carbocycles. The lowest BCUT2D eigenvalue weighted by Crippen LogP contribution is -2.24. The van der Waals surface area contributed by atoms with Crippen LogP contribution >= 0.6 is 0 Å². The number of nitrogens with zero attached hydrogens (tertiary/aromatic N) is 2. The van der Waals surface area contributed by atoms with Crippen LogP contribution in [0.1, 0.15) is 46.0 Å². The maximum Gasteiger partial charge on any atom is 0.0573 e. The Balaban J connectivity index is 2.00. The standard InChI is InChI=1S/C16H27N3/c1-3-8-18-15-11-16(13-17-12-15)19-9-5-6-14(4-2)7-10-19/h11-14,18H,3-10H2,1-2H3. The van der Waals surface area contributed by atoms with E-state index >= 15 is 0 Å². The van der Waals surface area contributed by atoms with Crippen LogP contribution in [0.4, 0.5) is 11.4 Å². The summed E-state index contributed by atoms with van der Waals surface area (Å²) in [5, 5.41) is 3.42. The molecule has 1 fully saturated rings. The molecule has 0 saturated carbocycles. The quantitative estimate of drug-likeness (QED) is 0.870. The predicted molar refractivity (Wildman–Crippen MR) is 82.9 cm³/mol. The van der Waals surface area contributed by atoms with Crippen LogP contribution in [0.25, 0.3) is 0 Å². The molecule has 19 heavy (non-hydrogen) atoms. The van der Waals surface area contributed by atoms with E-state index in [2.05, 4.69) is 35.1 Å². The van der Waals surface area contributed by atoms with Crippen LogP contribution in [-0.2, 0) is 0 Å². The van der Waals surface area contributed by atoms with Gasteiger partial charge in [-0.3, -0.25) is 4.98 Å². The van der Waals surface area contributed by atoms with Gasteiger partial charge >= 0.3 is 0 Å². The highest BCUT2D eigenvalue weighted by Gasteiger charge is 2.16. The lowest BCUT2D eigenvalue weighted by Gasteiger charge is -2.23. The van der Waals surface area contributed by atoms with Crippen molar-refractivity contribution in [3.8, 4) is 0 Å². The lowest BCUT2D eigenvalue weighted by atomic mass is 9.98. The summed E-state index contributed by atoms with van der Waals surface area (Å²) >= 11 is 0. The van der Waals surface area contributed by atoms with Crippen molar-refractivity contribution in [2.24, 2.45) is 5.92 Å². The Morgan fingerprint density at radius 3 is 2.95 bits per heavy atom. The zero-order chi connectivity index (χ0) is 13.5. The van der Waals surface area contributed by atoms with Crippen LogP contribution < -0.4 is 10.2 Å². The first-order valence-corrected chi connectivity index (χ1v) is 7.77. The molecule has 3 heteroatoms. The van der Waals surface area contributed by atoms with Crippen molar-refractivity contribution >= 4 is 11.4 Å². The number of hydrogen-bond acceptors (Lipinski definition) is 3. The first-order chi connectivity index (χ1) is 9.33. The summed E-state index contributed by atoms with van der Waals surface area (Å²) in [5.41, 5.74) is 2.42. The summed E-state index contributed by atoms with van der Waals surface area (Å²) in [6, 6.07) is 2.24. The molecule has 1 unspecified atom stereocenters. The van der Waals surface area contributed by atoms with E-state index in [9.17, 15) is 0 Å². The Labute approximate surface area is 117 Å². The van der Waals surface area contributed by atoms with Gasteiger partial charge in [0.1, 0.15) is 0 Å². The topological polar surface area (TPSA) is 28.2 Å². The predicted octanol–water partition coefficient (Wildman–Crippen LogP) is 3.92. The monoisotopic (exact) mass is 261 g/mol. The fourth-order valence-corrected chi connectivity index (χ4v) is 2.80. The maximum absolute atomic E-state index is 4.38. The third kappa shape index (κ3) is 4.12. The third-order valence-electron chi connectivity index (χ3n) is 4.09. The van der Waals surface area contributed by atoms with Gasteiger partial charge in [-0.05, 0) is 37.7 Å². The Morgan fingerprint density at radius 2 is 2.16 bits per heavy atom. The van der Waals surface area contributed by atoms with Crippen molar-refractivity contribution in [2.45, 2.75) is 46.0 Å². The highest BCUT2D eigenvalue weighted by Crippen LogP contribution is 2.25. The minimum Gasteiger partial charge on any atom is -0.384 e. The molecular formula is C16H27N3. The van der Waals surface area contributed by atoms with Gasteiger partial charge < -0.3 is 10.2 Å². The minimum atomic E-state index is 0.916. The van der Waals surface area contributed by atoms with E-state index in [-0.39, 0.29) is 0 Å². The molecule has 0 spiro atoms. The van der Waals surface area contributed by atoms with Gasteiger partial charge in [-0.25, -0.2) is 0 Å². The summed E-state index contributed by atoms with van der Waals surface area (Å²) < 4.78 is 0. The van der Waals surface area contributed by atoms with Crippen LogP contribution in [-0.4, -0.2) is 24.6 Å². The highest BCUT2D eigenvalue weighted by atomic mass is 15.1. The zero-order valence-corrected chi connectivity index (χ0v) is 12.4. The van der Waals surface area contributed by atoms with E-state index in [1.807, 2.05) is 12.4 Å². The first-order valence-electron chi connectivity index (χ1n) is 7.77. The van der Waals surface area contributed by atoms with E-state index in [1.54, 1.807) is 0 Å². The minimum absolute atomic E-state index is 0.916. The molecule has 1 atom stereocenters. The van der Waals surface area contributed by atoms with E-state index in [0.29, 0.717) is 0 Å². The average Bonchev–Trinajstić information content (AvgIpc) is 2.71. The van der Waals surface area contributed by atoms with Crippen molar-refractivity contribution in [3.63, 3.8) is 0 Å². The number of nitrogens with one attached hydrogen (secondary N) is 1. The molecule has 1 saturated heterocycles. The van der Waals surface area contributed by atoms with Gasteiger partial charge in [0.25, 0.3) is 0 Å². The summed E-state index contributed by atoms with van der Waals surface area (Å²) in [6.45, 7) is 7.87. The SMILES string of the molecule is CCCNc1cncc(N2CCCC(CC)CC2)c1. The van der Waals surface area contributed by atoms with E-state index in [1.165, 1.54) is 44.5 Å². The van der Waals surface area contributed by atoms with Crippen LogP contribution in [0.2, 0.25) is 0 Å². The molecule has 0 amide bonds. The smallest absolute Gasteiger partial charge is 0.0573 e. The van der Waals surface area contributed by atoms with Gasteiger partial charge in [0, 0.05) is 19.6 Å². The van der Waals surface area contributed by atoms with Gasteiger partial charge in [-0.15, -0.1) is 0 Å². The molecule has 1 aliphatic heterocycles. The molecular weight excluding hydrogens is 234 g/mol. The number of rotatable bonds is 5. The second kappa shape index (κ2) is 7.37. The molecule has 1 aliphatic rings. The molecule has 1 N–H and O–H groups in total. The van der Waals surface area contributed by atoms with Crippen LogP contribution in [0.3, 0.4) is 0 Å². The van der Waals surface area contributed by atoms with E-state index < -0.39 is 0 Å². The number of hydrogen-bond donors (Lipinski definition) is 1. The van der Waals surface area contributed by atoms with Gasteiger partial charge in [0.15, 0.2) is 0 Å². The van der Waals surface area contributed by atoms with E-state index in [0.717, 1.165) is 24.6 Å². The van der Waals surface area contributed by atoms with Crippen molar-refractivity contribution < 1.29 is 0 Å². The van der Waals surface area contributed by atoms with Gasteiger partial charge in [-0.2, -0.15) is 0 Å². The van der Waals surface area contributed by atoms with Crippen molar-refractivity contribution in [3.05, 3.63) is 18.5 Å². The molecule has 0 radical (unpaired) electrons. The van der Waals surface area contributed by atoms with Gasteiger partial charge in [0.05, 0.1) is 23.8 Å². The number of pyridine rings is 1. The average molecular weight is 261 g/mol. The number of anilines is 2.